The van der Waals surface area contributed by atoms with Gasteiger partial charge in [0.2, 0.25) is 17.7 Å². The smallest absolute Gasteiger partial charge is 0.312 e. The number of hydrogen-bond acceptors (Lipinski definition) is 5. The van der Waals surface area contributed by atoms with Gasteiger partial charge in [-0.2, -0.15) is 0 Å². The molecule has 0 bridgehead atoms. The molecule has 0 saturated carbocycles. The second-order valence-electron chi connectivity index (χ2n) is 8.77. The minimum absolute atomic E-state index is 0.0848. The fourth-order valence-corrected chi connectivity index (χ4v) is 3.22. The molecule has 0 spiro atoms. The maximum absolute atomic E-state index is 13.1. The summed E-state index contributed by atoms with van der Waals surface area (Å²) >= 11 is 5.47. The van der Waals surface area contributed by atoms with E-state index < -0.39 is 29.9 Å². The van der Waals surface area contributed by atoms with Crippen LogP contribution in [0.1, 0.15) is 44.0 Å². The molecule has 7 N–H and O–H groups in total. The molecule has 198 valence electrons. The number of hydrogen-bond donors (Lipinski definition) is 6. The minimum Gasteiger partial charge on any atom is -0.353 e. The Morgan fingerprint density at radius 1 is 0.972 bits per heavy atom. The number of alkyl halides is 1. The van der Waals surface area contributed by atoms with Gasteiger partial charge in [-0.05, 0) is 49.9 Å². The van der Waals surface area contributed by atoms with Gasteiger partial charge in [-0.15, -0.1) is 11.6 Å². The quantitative estimate of drug-likeness (QED) is 0.115. The summed E-state index contributed by atoms with van der Waals surface area (Å²) in [4.78, 5) is 61.0. The van der Waals surface area contributed by atoms with E-state index in [-0.39, 0.29) is 42.6 Å². The molecule has 0 radical (unpaired) electrons. The number of carbonyl (C=O) groups excluding carboxylic acids is 5. The van der Waals surface area contributed by atoms with Crippen LogP contribution in [0.25, 0.3) is 0 Å². The summed E-state index contributed by atoms with van der Waals surface area (Å²) in [6.45, 7) is 5.67. The lowest BCUT2D eigenvalue weighted by atomic mass is 9.98. The molecular weight excluding hydrogens is 487 g/mol. The Morgan fingerprint density at radius 2 is 1.61 bits per heavy atom. The second kappa shape index (κ2) is 15.7. The van der Waals surface area contributed by atoms with Gasteiger partial charge in [0.1, 0.15) is 25.8 Å². The van der Waals surface area contributed by atoms with Gasteiger partial charge in [-0.25, -0.2) is 4.79 Å². The standard InChI is InChI=1S/C23H36BClN6O5/c1-13(2)19(31-20(33)15-6-8-16(9-7-15)29-18(32)12-25)22(35)30-17(5-4-10-27-23(26)36)21(34)28-14(3)11-24/h6-9,13-14,17,19H,4-5,10-12,24H2,1-3H3,(H,28,34)(H,29,32)(H,30,35)(H,31,33)(H3,26,27,36)/t14-,17-,19?/m0/s1. The average Bonchev–Trinajstić information content (AvgIpc) is 2.83. The maximum atomic E-state index is 13.1. The Bertz CT molecular complexity index is 915. The lowest BCUT2D eigenvalue weighted by molar-refractivity contribution is -0.131. The van der Waals surface area contributed by atoms with Crippen molar-refractivity contribution in [1.29, 1.82) is 0 Å². The van der Waals surface area contributed by atoms with Crippen LogP contribution >= 0.6 is 11.6 Å². The summed E-state index contributed by atoms with van der Waals surface area (Å²) in [7, 11) is 1.93. The fourth-order valence-electron chi connectivity index (χ4n) is 3.15. The number of halogens is 1. The zero-order chi connectivity index (χ0) is 27.3. The van der Waals surface area contributed by atoms with E-state index >= 15 is 0 Å². The highest BCUT2D eigenvalue weighted by Gasteiger charge is 2.29. The molecule has 6 amide bonds. The Balaban J connectivity index is 2.90. The number of nitrogens with one attached hydrogen (secondary N) is 5. The SMILES string of the molecule is BC[C@H](C)NC(=O)[C@H](CCCNC(N)=O)NC(=O)C(NC(=O)c1ccc(NC(=O)CCl)cc1)C(C)C. The third-order valence-electron chi connectivity index (χ3n) is 5.39. The van der Waals surface area contributed by atoms with Crippen LogP contribution in [0.4, 0.5) is 10.5 Å². The molecule has 13 heteroatoms. The van der Waals surface area contributed by atoms with Crippen molar-refractivity contribution in [2.45, 2.75) is 58.1 Å². The molecule has 1 aromatic rings. The first-order valence-electron chi connectivity index (χ1n) is 11.9. The zero-order valence-corrected chi connectivity index (χ0v) is 21.9. The molecule has 11 nitrogen and oxygen atoms in total. The van der Waals surface area contributed by atoms with E-state index in [0.717, 1.165) is 0 Å². The number of rotatable bonds is 14. The first-order chi connectivity index (χ1) is 17.0. The van der Waals surface area contributed by atoms with Crippen LogP contribution in [-0.4, -0.2) is 68.1 Å². The predicted molar refractivity (Wildman–Crippen MR) is 142 cm³/mol. The number of carbonyl (C=O) groups is 5. The van der Waals surface area contributed by atoms with Crippen molar-refractivity contribution in [3.05, 3.63) is 29.8 Å². The largest absolute Gasteiger partial charge is 0.353 e. The molecule has 0 aliphatic heterocycles. The third kappa shape index (κ3) is 11.0. The van der Waals surface area contributed by atoms with Crippen LogP contribution in [0.2, 0.25) is 6.32 Å². The molecule has 0 heterocycles. The van der Waals surface area contributed by atoms with Crippen molar-refractivity contribution in [1.82, 2.24) is 21.3 Å². The zero-order valence-electron chi connectivity index (χ0n) is 21.2. The lowest BCUT2D eigenvalue weighted by Crippen LogP contribution is -2.56. The molecule has 1 rings (SSSR count). The summed E-state index contributed by atoms with van der Waals surface area (Å²) < 4.78 is 0. The summed E-state index contributed by atoms with van der Waals surface area (Å²) in [6, 6.07) is 3.62. The fraction of sp³-hybridized carbons (Fsp3) is 0.522. The van der Waals surface area contributed by atoms with Crippen LogP contribution in [0.15, 0.2) is 24.3 Å². The molecular formula is C23H36BClN6O5. The molecule has 0 aliphatic carbocycles. The number of nitrogens with two attached hydrogens (primary N) is 1. The van der Waals surface area contributed by atoms with Gasteiger partial charge in [0, 0.05) is 23.8 Å². The summed E-state index contributed by atoms with van der Waals surface area (Å²) in [5, 5.41) is 13.3. The number of benzene rings is 1. The monoisotopic (exact) mass is 522 g/mol. The Morgan fingerprint density at radius 3 is 2.14 bits per heavy atom. The van der Waals surface area contributed by atoms with E-state index in [1.165, 1.54) is 12.1 Å². The van der Waals surface area contributed by atoms with E-state index in [1.807, 2.05) is 14.8 Å². The van der Waals surface area contributed by atoms with Gasteiger partial charge in [-0.3, -0.25) is 19.2 Å². The summed E-state index contributed by atoms with van der Waals surface area (Å²) in [5.74, 6) is -2.17. The van der Waals surface area contributed by atoms with E-state index in [0.29, 0.717) is 24.0 Å². The Labute approximate surface area is 217 Å². The second-order valence-corrected chi connectivity index (χ2v) is 9.03. The Hall–Kier alpha value is -3.28. The van der Waals surface area contributed by atoms with Gasteiger partial charge < -0.3 is 32.3 Å². The van der Waals surface area contributed by atoms with Crippen LogP contribution in [0.5, 0.6) is 0 Å². The van der Waals surface area contributed by atoms with E-state index in [9.17, 15) is 24.0 Å². The summed E-state index contributed by atoms with van der Waals surface area (Å²) in [5.41, 5.74) is 5.85. The van der Waals surface area contributed by atoms with E-state index in [4.69, 9.17) is 17.3 Å². The van der Waals surface area contributed by atoms with Crippen molar-refractivity contribution < 1.29 is 24.0 Å². The van der Waals surface area contributed by atoms with Crippen molar-refractivity contribution in [2.24, 2.45) is 11.7 Å². The van der Waals surface area contributed by atoms with Crippen molar-refractivity contribution in [3.8, 4) is 0 Å². The lowest BCUT2D eigenvalue weighted by Gasteiger charge is -2.26. The van der Waals surface area contributed by atoms with Crippen LogP contribution in [0.3, 0.4) is 0 Å². The Kier molecular flexibility index (Phi) is 13.4. The highest BCUT2D eigenvalue weighted by atomic mass is 35.5. The molecule has 1 aromatic carbocycles. The van der Waals surface area contributed by atoms with E-state index in [2.05, 4.69) is 26.6 Å². The number of primary amides is 1. The van der Waals surface area contributed by atoms with Crippen molar-refractivity contribution >= 4 is 54.8 Å². The van der Waals surface area contributed by atoms with Gasteiger partial charge in [-0.1, -0.05) is 20.2 Å². The normalized spacial score (nSPS) is 13.1. The minimum atomic E-state index is -0.907. The highest BCUT2D eigenvalue weighted by Crippen LogP contribution is 2.12. The topological polar surface area (TPSA) is 172 Å². The maximum Gasteiger partial charge on any atom is 0.312 e. The highest BCUT2D eigenvalue weighted by molar-refractivity contribution is 6.29. The van der Waals surface area contributed by atoms with Gasteiger partial charge in [0.05, 0.1) is 0 Å². The average molecular weight is 523 g/mol. The van der Waals surface area contributed by atoms with Gasteiger partial charge >= 0.3 is 6.03 Å². The van der Waals surface area contributed by atoms with Crippen LogP contribution in [-0.2, 0) is 14.4 Å². The predicted octanol–water partition coefficient (Wildman–Crippen LogP) is 0.108. The van der Waals surface area contributed by atoms with Gasteiger partial charge in [0.25, 0.3) is 5.91 Å². The van der Waals surface area contributed by atoms with Gasteiger partial charge in [0.15, 0.2) is 0 Å². The third-order valence-corrected chi connectivity index (χ3v) is 5.63. The molecule has 0 fully saturated rings. The molecule has 0 aromatic heterocycles. The number of anilines is 1. The summed E-state index contributed by atoms with van der Waals surface area (Å²) in [6.07, 6.45) is 1.39. The molecule has 0 saturated heterocycles. The first kappa shape index (κ1) is 30.8. The number of urea groups is 1. The first-order valence-corrected chi connectivity index (χ1v) is 12.4. The molecule has 1 unspecified atom stereocenters. The van der Waals surface area contributed by atoms with Crippen molar-refractivity contribution in [3.63, 3.8) is 0 Å². The number of amides is 6. The van der Waals surface area contributed by atoms with Crippen molar-refractivity contribution in [2.75, 3.05) is 17.7 Å². The van der Waals surface area contributed by atoms with Crippen LogP contribution < -0.4 is 32.3 Å². The molecule has 3 atom stereocenters. The molecule has 0 aliphatic rings. The van der Waals surface area contributed by atoms with Crippen LogP contribution in [0, 0.1) is 5.92 Å². The van der Waals surface area contributed by atoms with E-state index in [1.54, 1.807) is 26.0 Å². The molecule has 36 heavy (non-hydrogen) atoms.